The van der Waals surface area contributed by atoms with Crippen molar-refractivity contribution in [1.82, 2.24) is 9.13 Å². The maximum atomic E-state index is 7.09. The van der Waals surface area contributed by atoms with E-state index in [2.05, 4.69) is 305 Å². The van der Waals surface area contributed by atoms with Gasteiger partial charge >= 0.3 is 0 Å². The lowest BCUT2D eigenvalue weighted by atomic mass is 9.34. The zero-order chi connectivity index (χ0) is 60.5. The average Bonchev–Trinajstić information content (AvgIpc) is 1.29. The molecule has 0 aliphatic carbocycles. The Labute approximate surface area is 524 Å². The van der Waals surface area contributed by atoms with E-state index in [0.717, 1.165) is 44.9 Å². The first-order chi connectivity index (χ1) is 42.2. The van der Waals surface area contributed by atoms with E-state index in [4.69, 9.17) is 4.74 Å². The Balaban J connectivity index is 1.19. The van der Waals surface area contributed by atoms with Crippen LogP contribution in [0.25, 0.3) is 118 Å². The fourth-order valence-electron chi connectivity index (χ4n) is 14.3. The summed E-state index contributed by atoms with van der Waals surface area (Å²) in [6.45, 7) is 27.8. The molecule has 88 heavy (non-hydrogen) atoms. The van der Waals surface area contributed by atoms with Crippen LogP contribution in [-0.4, -0.2) is 15.8 Å². The van der Waals surface area contributed by atoms with Gasteiger partial charge in [-0.25, -0.2) is 0 Å². The lowest BCUT2D eigenvalue weighted by Crippen LogP contribution is -2.56. The van der Waals surface area contributed by atoms with Gasteiger partial charge in [-0.05, 0) is 175 Å². The molecule has 3 nitrogen and oxygen atoms in total. The number of hydrogen-bond donors (Lipinski definition) is 0. The number of hydrogen-bond acceptors (Lipinski definition) is 3. The Morgan fingerprint density at radius 2 is 0.636 bits per heavy atom. The summed E-state index contributed by atoms with van der Waals surface area (Å²) in [5, 5.41) is 10.1. The number of benzene rings is 11. The smallest absolute Gasteiger partial charge is 0.252 e. The molecular formula is C82H71BN2OS2. The minimum atomic E-state index is -0.296. The summed E-state index contributed by atoms with van der Waals surface area (Å²) in [4.78, 5) is 0. The first-order valence-corrected chi connectivity index (χ1v) is 32.9. The predicted octanol–water partition coefficient (Wildman–Crippen LogP) is 21.8. The second-order valence-corrected chi connectivity index (χ2v) is 31.1. The van der Waals surface area contributed by atoms with E-state index in [1.54, 1.807) is 0 Å². The van der Waals surface area contributed by atoms with Gasteiger partial charge in [0.2, 0.25) is 0 Å². The number of nitrogens with zero attached hydrogens (tertiary/aromatic N) is 2. The third-order valence-electron chi connectivity index (χ3n) is 19.1. The van der Waals surface area contributed by atoms with Gasteiger partial charge in [0.1, 0.15) is 11.5 Å². The number of para-hydroxylation sites is 2. The standard InChI is InChI=1S/C82H71BN2OS2/c1-79(2,3)50-31-35-64-56(43-50)57-44-51(80(4,5)6)32-36-65(57)84(64)68-47-69(85-66-37-33-52(81(7,8)9)45-58(66)59-46-53(82(10,11)12)34-38-67(59)85)77(49-30-40-75-61(42-49)55-22-14-20-28-73(55)88-75)78(83-62-23-15-17-25-70(62)86-71-26-18-16-24-63(71)83)76(68)48-29-39-74-60(41-48)54-21-13-19-27-72(54)87-74/h13-47H,1-12H3. The van der Waals surface area contributed by atoms with Crippen LogP contribution in [0.3, 0.4) is 0 Å². The van der Waals surface area contributed by atoms with Crippen molar-refractivity contribution in [2.24, 2.45) is 0 Å². The van der Waals surface area contributed by atoms with Gasteiger partial charge in [-0.2, -0.15) is 0 Å². The molecule has 0 amide bonds. The number of rotatable bonds is 5. The summed E-state index contributed by atoms with van der Waals surface area (Å²) in [5.41, 5.74) is 20.1. The van der Waals surface area contributed by atoms with Crippen molar-refractivity contribution in [3.8, 4) is 45.1 Å². The van der Waals surface area contributed by atoms with Crippen LogP contribution in [0.15, 0.2) is 212 Å². The molecule has 0 atom stereocenters. The molecule has 0 bridgehead atoms. The van der Waals surface area contributed by atoms with Crippen LogP contribution in [0.1, 0.15) is 105 Å². The van der Waals surface area contributed by atoms with E-state index in [-0.39, 0.29) is 28.4 Å². The minimum Gasteiger partial charge on any atom is -0.458 e. The van der Waals surface area contributed by atoms with Crippen LogP contribution < -0.4 is 21.1 Å². The van der Waals surface area contributed by atoms with Crippen LogP contribution >= 0.6 is 22.7 Å². The van der Waals surface area contributed by atoms with Crippen LogP contribution in [0.4, 0.5) is 0 Å². The van der Waals surface area contributed by atoms with Gasteiger partial charge in [0, 0.05) is 73.0 Å². The Morgan fingerprint density at radius 3 is 1.00 bits per heavy atom. The number of fused-ring (bicyclic) bond motifs is 14. The Kier molecular flexibility index (Phi) is 12.1. The van der Waals surface area contributed by atoms with Crippen molar-refractivity contribution >= 4 is 130 Å². The van der Waals surface area contributed by atoms with Gasteiger partial charge in [-0.1, -0.05) is 192 Å². The molecule has 0 spiro atoms. The van der Waals surface area contributed by atoms with Crippen molar-refractivity contribution in [2.45, 2.75) is 105 Å². The van der Waals surface area contributed by atoms with E-state index in [1.165, 1.54) is 123 Å². The van der Waals surface area contributed by atoms with Crippen LogP contribution in [0.5, 0.6) is 11.5 Å². The van der Waals surface area contributed by atoms with E-state index < -0.39 is 0 Å². The predicted molar refractivity (Wildman–Crippen MR) is 384 cm³/mol. The molecule has 0 fully saturated rings. The van der Waals surface area contributed by atoms with Gasteiger partial charge in [0.25, 0.3) is 6.71 Å². The van der Waals surface area contributed by atoms with E-state index in [9.17, 15) is 0 Å². The highest BCUT2D eigenvalue weighted by molar-refractivity contribution is 7.26. The molecule has 4 aromatic heterocycles. The van der Waals surface area contributed by atoms with Gasteiger partial charge in [0.05, 0.1) is 33.4 Å². The van der Waals surface area contributed by atoms with Gasteiger partial charge in [-0.3, -0.25) is 0 Å². The molecule has 0 unspecified atom stereocenters. The fourth-order valence-corrected chi connectivity index (χ4v) is 16.5. The Morgan fingerprint density at radius 1 is 0.307 bits per heavy atom. The molecule has 5 heterocycles. The molecule has 430 valence electrons. The topological polar surface area (TPSA) is 19.1 Å². The normalized spacial score (nSPS) is 13.3. The summed E-state index contributed by atoms with van der Waals surface area (Å²) in [5.74, 6) is 1.74. The summed E-state index contributed by atoms with van der Waals surface area (Å²) in [6.07, 6.45) is 0. The lowest BCUT2D eigenvalue weighted by Gasteiger charge is -2.32. The fraction of sp³-hybridized carbons (Fsp3) is 0.195. The number of ether oxygens (including phenoxy) is 1. The summed E-state index contributed by atoms with van der Waals surface area (Å²) in [7, 11) is 0. The molecule has 1 aliphatic heterocycles. The number of thiophene rings is 2. The molecule has 6 heteroatoms. The Bertz CT molecular complexity index is 4950. The average molecular weight is 1180 g/mol. The first kappa shape index (κ1) is 54.7. The molecular weight excluding hydrogens is 1100 g/mol. The van der Waals surface area contributed by atoms with Gasteiger partial charge in [-0.15, -0.1) is 22.7 Å². The van der Waals surface area contributed by atoms with Crippen molar-refractivity contribution < 1.29 is 4.74 Å². The summed E-state index contributed by atoms with van der Waals surface area (Å²) < 4.78 is 17.5. The molecule has 15 aromatic rings. The highest BCUT2D eigenvalue weighted by atomic mass is 32.1. The van der Waals surface area contributed by atoms with Gasteiger partial charge in [0.15, 0.2) is 0 Å². The molecule has 0 radical (unpaired) electrons. The van der Waals surface area contributed by atoms with Gasteiger partial charge < -0.3 is 13.9 Å². The largest absolute Gasteiger partial charge is 0.458 e. The molecule has 11 aromatic carbocycles. The van der Waals surface area contributed by atoms with Crippen molar-refractivity contribution in [2.75, 3.05) is 0 Å². The third-order valence-corrected chi connectivity index (χ3v) is 21.4. The highest BCUT2D eigenvalue weighted by Gasteiger charge is 2.40. The van der Waals surface area contributed by atoms with Crippen molar-refractivity contribution in [1.29, 1.82) is 0 Å². The van der Waals surface area contributed by atoms with Crippen molar-refractivity contribution in [3.63, 3.8) is 0 Å². The van der Waals surface area contributed by atoms with Crippen LogP contribution in [0, 0.1) is 0 Å². The lowest BCUT2D eigenvalue weighted by molar-refractivity contribution is 0.487. The van der Waals surface area contributed by atoms with E-state index in [1.807, 2.05) is 22.7 Å². The van der Waals surface area contributed by atoms with E-state index in [0.29, 0.717) is 0 Å². The SMILES string of the molecule is CC(C)(C)c1ccc2c(c1)c1cc(C(C)(C)C)ccc1n2-c1cc(-n2c3ccc(C(C)(C)C)cc3c3cc(C(C)(C)C)ccc32)c(-c2ccc3sc4ccccc4c3c2)c(B2c3ccccc3Oc3ccccc32)c1-c1ccc2sc3ccccc3c2c1. The quantitative estimate of drug-likeness (QED) is 0.157. The zero-order valence-electron chi connectivity index (χ0n) is 52.4. The summed E-state index contributed by atoms with van der Waals surface area (Å²) in [6, 6.07) is 82.2. The van der Waals surface area contributed by atoms with Crippen LogP contribution in [-0.2, 0) is 21.7 Å². The molecule has 16 rings (SSSR count). The zero-order valence-corrected chi connectivity index (χ0v) is 54.0. The van der Waals surface area contributed by atoms with Crippen molar-refractivity contribution in [3.05, 3.63) is 235 Å². The maximum absolute atomic E-state index is 7.09. The molecule has 0 N–H and O–H groups in total. The molecule has 1 aliphatic rings. The third kappa shape index (κ3) is 8.57. The second kappa shape index (κ2) is 19.4. The second-order valence-electron chi connectivity index (χ2n) is 28.9. The number of aromatic nitrogens is 2. The first-order valence-electron chi connectivity index (χ1n) is 31.2. The minimum absolute atomic E-state index is 0.0783. The van der Waals surface area contributed by atoms with E-state index >= 15 is 0 Å². The highest BCUT2D eigenvalue weighted by Crippen LogP contribution is 2.48. The molecule has 0 saturated heterocycles. The van der Waals surface area contributed by atoms with Crippen LogP contribution in [0.2, 0.25) is 0 Å². The monoisotopic (exact) mass is 1170 g/mol. The summed E-state index contributed by atoms with van der Waals surface area (Å²) >= 11 is 3.76. The maximum Gasteiger partial charge on any atom is 0.252 e. The molecule has 0 saturated carbocycles. The Hall–Kier alpha value is -8.68.